The molecule has 0 amide bonds. The fraction of sp³-hybridized carbons (Fsp3) is 0.167. The predicted octanol–water partition coefficient (Wildman–Crippen LogP) is 2.83. The molecule has 1 rings (SSSR count). The van der Waals surface area contributed by atoms with Crippen molar-refractivity contribution in [2.75, 3.05) is 0 Å². The Kier molecular flexibility index (Phi) is 5.00. The van der Waals surface area contributed by atoms with Gasteiger partial charge in [0.1, 0.15) is 0 Å². The molecule has 1 aliphatic rings. The van der Waals surface area contributed by atoms with Crippen LogP contribution in [-0.2, 0) is 0 Å². The highest BCUT2D eigenvalue weighted by atomic mass is 79.9. The van der Waals surface area contributed by atoms with Crippen LogP contribution in [0.3, 0.4) is 0 Å². The first-order chi connectivity index (χ1) is 3.93. The first-order valence-electron chi connectivity index (χ1n) is 2.41. The summed E-state index contributed by atoms with van der Waals surface area (Å²) in [5, 5.41) is 0. The maximum Gasteiger partial charge on any atom is 0.0308 e. The Bertz CT molecular complexity index is 158. The molecule has 0 spiro atoms. The van der Waals surface area contributed by atoms with Gasteiger partial charge in [0, 0.05) is 12.4 Å². The van der Waals surface area contributed by atoms with E-state index in [2.05, 4.69) is 20.9 Å². The van der Waals surface area contributed by atoms with Gasteiger partial charge in [-0.1, -0.05) is 22.0 Å². The van der Waals surface area contributed by atoms with Gasteiger partial charge in [0.05, 0.1) is 0 Å². The van der Waals surface area contributed by atoms with Gasteiger partial charge < -0.3 is 0 Å². The summed E-state index contributed by atoms with van der Waals surface area (Å²) < 4.78 is 0. The molecule has 0 atom stereocenters. The Labute approximate surface area is 73.5 Å². The lowest BCUT2D eigenvalue weighted by Crippen LogP contribution is -1.83. The van der Waals surface area contributed by atoms with Crippen molar-refractivity contribution in [3.05, 3.63) is 22.8 Å². The van der Waals surface area contributed by atoms with E-state index in [4.69, 9.17) is 0 Å². The van der Waals surface area contributed by atoms with Gasteiger partial charge >= 0.3 is 0 Å². The number of allylic oxidation sites excluding steroid dienone is 2. The van der Waals surface area contributed by atoms with Gasteiger partial charge in [-0.05, 0) is 17.0 Å². The summed E-state index contributed by atoms with van der Waals surface area (Å²) in [6.07, 6.45) is 6.66. The summed E-state index contributed by atoms with van der Waals surface area (Å²) in [4.78, 5) is 5.81. The zero-order chi connectivity index (χ0) is 5.82. The second-order valence-electron chi connectivity index (χ2n) is 1.55. The average Bonchev–Trinajstić information content (AvgIpc) is 1.90. The molecule has 1 nitrogen and oxygen atoms in total. The molecule has 0 aromatic rings. The van der Waals surface area contributed by atoms with Gasteiger partial charge in [-0.2, -0.15) is 0 Å². The van der Waals surface area contributed by atoms with Gasteiger partial charge in [0.2, 0.25) is 0 Å². The highest BCUT2D eigenvalue weighted by Crippen LogP contribution is 2.06. The molecule has 0 unspecified atom stereocenters. The molecular formula is C6H7Br2N. The van der Waals surface area contributed by atoms with E-state index in [0.717, 1.165) is 6.42 Å². The molecule has 1 heterocycles. The lowest BCUT2D eigenvalue weighted by Gasteiger charge is -1.95. The largest absolute Gasteiger partial charge is 0.265 e. The maximum atomic E-state index is 3.93. The van der Waals surface area contributed by atoms with Crippen LogP contribution < -0.4 is 0 Å². The van der Waals surface area contributed by atoms with Gasteiger partial charge in [-0.3, -0.25) is 4.99 Å². The van der Waals surface area contributed by atoms with Crippen LogP contribution in [0.1, 0.15) is 6.42 Å². The molecule has 0 N–H and O–H groups in total. The molecule has 0 saturated heterocycles. The fourth-order valence-electron chi connectivity index (χ4n) is 0.514. The first-order valence-corrected chi connectivity index (χ1v) is 3.32. The smallest absolute Gasteiger partial charge is 0.0308 e. The van der Waals surface area contributed by atoms with Crippen LogP contribution >= 0.6 is 32.9 Å². The van der Waals surface area contributed by atoms with Crippen molar-refractivity contribution in [3.63, 3.8) is 0 Å². The van der Waals surface area contributed by atoms with Crippen LogP contribution in [0.2, 0.25) is 0 Å². The third-order valence-electron chi connectivity index (χ3n) is 0.926. The maximum absolute atomic E-state index is 3.93. The van der Waals surface area contributed by atoms with E-state index in [1.165, 1.54) is 5.57 Å². The van der Waals surface area contributed by atoms with Crippen LogP contribution in [0.5, 0.6) is 0 Å². The summed E-state index contributed by atoms with van der Waals surface area (Å²) in [7, 11) is 0. The summed E-state index contributed by atoms with van der Waals surface area (Å²) >= 11 is 3.22. The van der Waals surface area contributed by atoms with Gasteiger partial charge in [-0.15, -0.1) is 17.0 Å². The lowest BCUT2D eigenvalue weighted by atomic mass is 10.2. The summed E-state index contributed by atoms with van der Waals surface area (Å²) in [6, 6.07) is 0. The second kappa shape index (κ2) is 4.94. The molecule has 0 radical (unpaired) electrons. The topological polar surface area (TPSA) is 12.4 Å². The zero-order valence-electron chi connectivity index (χ0n) is 4.75. The van der Waals surface area contributed by atoms with Crippen molar-refractivity contribution in [1.82, 2.24) is 0 Å². The third kappa shape index (κ3) is 2.96. The van der Waals surface area contributed by atoms with Gasteiger partial charge in [-0.25, -0.2) is 0 Å². The minimum absolute atomic E-state index is 0. The summed E-state index contributed by atoms with van der Waals surface area (Å²) in [5.74, 6) is 0. The van der Waals surface area contributed by atoms with E-state index < -0.39 is 0 Å². The van der Waals surface area contributed by atoms with E-state index in [0.29, 0.717) is 0 Å². The molecule has 0 aliphatic carbocycles. The summed E-state index contributed by atoms with van der Waals surface area (Å²) in [5.41, 5.74) is 1.22. The van der Waals surface area contributed by atoms with Crippen LogP contribution in [0.25, 0.3) is 0 Å². The fourth-order valence-corrected chi connectivity index (χ4v) is 0.819. The Hall–Kier alpha value is 0.110. The SMILES string of the molecule is Br.BrC=C1C=NC=CC1. The molecule has 3 heteroatoms. The molecule has 0 aromatic carbocycles. The zero-order valence-corrected chi connectivity index (χ0v) is 8.05. The van der Waals surface area contributed by atoms with Gasteiger partial charge in [0.25, 0.3) is 0 Å². The van der Waals surface area contributed by atoms with E-state index >= 15 is 0 Å². The Morgan fingerprint density at radius 2 is 2.44 bits per heavy atom. The van der Waals surface area contributed by atoms with Crippen LogP contribution in [0.15, 0.2) is 27.8 Å². The Morgan fingerprint density at radius 3 is 2.78 bits per heavy atom. The van der Waals surface area contributed by atoms with E-state index in [-0.39, 0.29) is 17.0 Å². The number of halogens is 2. The quantitative estimate of drug-likeness (QED) is 0.629. The molecule has 50 valence electrons. The lowest BCUT2D eigenvalue weighted by molar-refractivity contribution is 1.28. The molecule has 9 heavy (non-hydrogen) atoms. The third-order valence-corrected chi connectivity index (χ3v) is 1.51. The van der Waals surface area contributed by atoms with E-state index in [9.17, 15) is 0 Å². The minimum atomic E-state index is 0. The number of aliphatic imine (C=N–C) groups is 1. The summed E-state index contributed by atoms with van der Waals surface area (Å²) in [6.45, 7) is 0. The molecule has 0 fully saturated rings. The predicted molar refractivity (Wildman–Crippen MR) is 49.6 cm³/mol. The molecular weight excluding hydrogens is 246 g/mol. The number of nitrogens with zero attached hydrogens (tertiary/aromatic N) is 1. The molecule has 0 saturated carbocycles. The van der Waals surface area contributed by atoms with Crippen molar-refractivity contribution < 1.29 is 0 Å². The van der Waals surface area contributed by atoms with Crippen LogP contribution in [0, 0.1) is 0 Å². The highest BCUT2D eigenvalue weighted by molar-refractivity contribution is 9.11. The van der Waals surface area contributed by atoms with E-state index in [1.807, 2.05) is 17.3 Å². The number of rotatable bonds is 0. The normalized spacial score (nSPS) is 19.9. The minimum Gasteiger partial charge on any atom is -0.265 e. The second-order valence-corrected chi connectivity index (χ2v) is 2.01. The Morgan fingerprint density at radius 1 is 1.67 bits per heavy atom. The van der Waals surface area contributed by atoms with Crippen molar-refractivity contribution in [2.45, 2.75) is 6.42 Å². The van der Waals surface area contributed by atoms with Crippen molar-refractivity contribution in [2.24, 2.45) is 4.99 Å². The van der Waals surface area contributed by atoms with Crippen molar-refractivity contribution in [3.8, 4) is 0 Å². The number of hydrogen-bond donors (Lipinski definition) is 0. The van der Waals surface area contributed by atoms with Crippen molar-refractivity contribution >= 4 is 39.1 Å². The van der Waals surface area contributed by atoms with E-state index in [1.54, 1.807) is 6.20 Å². The molecule has 0 bridgehead atoms. The standard InChI is InChI=1S/C6H6BrN.BrH/c7-4-6-2-1-3-8-5-6;/h1,3-5H,2H2;1H. The Balaban J connectivity index is 0.000000640. The molecule has 0 aromatic heterocycles. The van der Waals surface area contributed by atoms with Crippen LogP contribution in [-0.4, -0.2) is 6.21 Å². The monoisotopic (exact) mass is 251 g/mol. The van der Waals surface area contributed by atoms with Crippen molar-refractivity contribution in [1.29, 1.82) is 0 Å². The number of hydrogen-bond acceptors (Lipinski definition) is 1. The molecule has 1 aliphatic heterocycles. The van der Waals surface area contributed by atoms with Crippen LogP contribution in [0.4, 0.5) is 0 Å². The average molecular weight is 253 g/mol. The van der Waals surface area contributed by atoms with Gasteiger partial charge in [0.15, 0.2) is 0 Å². The first kappa shape index (κ1) is 9.11. The highest BCUT2D eigenvalue weighted by Gasteiger charge is 1.90.